The van der Waals surface area contributed by atoms with Crippen molar-refractivity contribution in [1.29, 1.82) is 5.26 Å². The molecule has 0 spiro atoms. The van der Waals surface area contributed by atoms with Crippen LogP contribution in [0, 0.1) is 11.3 Å². The second-order valence-electron chi connectivity index (χ2n) is 4.93. The van der Waals surface area contributed by atoms with Gasteiger partial charge >= 0.3 is 0 Å². The molecular weight excluding hydrogens is 286 g/mol. The van der Waals surface area contributed by atoms with Crippen LogP contribution in [0.2, 0.25) is 5.02 Å². The number of benzene rings is 1. The summed E-state index contributed by atoms with van der Waals surface area (Å²) < 4.78 is 5.31. The monoisotopic (exact) mass is 299 g/mol. The molecule has 3 rings (SSSR count). The predicted octanol–water partition coefficient (Wildman–Crippen LogP) is 3.85. The number of anilines is 2. The first kappa shape index (κ1) is 13.7. The zero-order valence-electron chi connectivity index (χ0n) is 11.6. The van der Waals surface area contributed by atoms with Gasteiger partial charge in [-0.2, -0.15) is 5.26 Å². The molecule has 106 valence electrons. The molecule has 1 N–H and O–H groups in total. The van der Waals surface area contributed by atoms with Crippen molar-refractivity contribution >= 4 is 23.1 Å². The fraction of sp³-hybridized carbons (Fsp3) is 0.250. The van der Waals surface area contributed by atoms with Crippen LogP contribution in [-0.2, 0) is 12.8 Å². The number of aryl methyl sites for hydroxylation is 2. The van der Waals surface area contributed by atoms with E-state index in [1.54, 1.807) is 25.3 Å². The summed E-state index contributed by atoms with van der Waals surface area (Å²) in [5.41, 5.74) is 3.48. The second-order valence-corrected chi connectivity index (χ2v) is 5.36. The summed E-state index contributed by atoms with van der Waals surface area (Å²) in [4.78, 5) is 4.59. The minimum Gasteiger partial charge on any atom is -0.495 e. The molecule has 4 nitrogen and oxygen atoms in total. The minimum absolute atomic E-state index is 0.540. The number of hydrogen-bond acceptors (Lipinski definition) is 4. The standard InChI is InChI=1S/C16H14ClN3O/c1-21-15-6-5-12(17)8-14(15)20-16-11(9-18)7-10-3-2-4-13(10)19-16/h5-8H,2-4H2,1H3,(H,19,20). The third-order valence-electron chi connectivity index (χ3n) is 3.59. The van der Waals surface area contributed by atoms with Crippen LogP contribution >= 0.6 is 11.6 Å². The van der Waals surface area contributed by atoms with Gasteiger partial charge in [0.1, 0.15) is 17.6 Å². The Balaban J connectivity index is 2.02. The van der Waals surface area contributed by atoms with Gasteiger partial charge in [-0.1, -0.05) is 11.6 Å². The number of pyridine rings is 1. The molecule has 0 amide bonds. The van der Waals surface area contributed by atoms with E-state index in [0.29, 0.717) is 27.8 Å². The molecular formula is C16H14ClN3O. The van der Waals surface area contributed by atoms with Crippen LogP contribution in [0.4, 0.5) is 11.5 Å². The maximum Gasteiger partial charge on any atom is 0.148 e. The molecule has 1 aromatic heterocycles. The highest BCUT2D eigenvalue weighted by atomic mass is 35.5. The summed E-state index contributed by atoms with van der Waals surface area (Å²) in [6.45, 7) is 0. The van der Waals surface area contributed by atoms with E-state index in [0.717, 1.165) is 25.0 Å². The third-order valence-corrected chi connectivity index (χ3v) is 3.82. The van der Waals surface area contributed by atoms with Crippen molar-refractivity contribution in [3.8, 4) is 11.8 Å². The summed E-state index contributed by atoms with van der Waals surface area (Å²) >= 11 is 6.03. The SMILES string of the molecule is COc1ccc(Cl)cc1Nc1nc2c(cc1C#N)CCC2. The molecule has 0 saturated carbocycles. The number of methoxy groups -OCH3 is 1. The maximum absolute atomic E-state index is 9.32. The van der Waals surface area contributed by atoms with Crippen LogP contribution in [-0.4, -0.2) is 12.1 Å². The highest BCUT2D eigenvalue weighted by molar-refractivity contribution is 6.31. The van der Waals surface area contributed by atoms with E-state index >= 15 is 0 Å². The van der Waals surface area contributed by atoms with Crippen molar-refractivity contribution in [2.75, 3.05) is 12.4 Å². The Bertz CT molecular complexity index is 737. The second kappa shape index (κ2) is 5.63. The summed E-state index contributed by atoms with van der Waals surface area (Å²) in [6, 6.07) is 9.42. The zero-order valence-corrected chi connectivity index (χ0v) is 12.4. The van der Waals surface area contributed by atoms with Crippen molar-refractivity contribution in [2.24, 2.45) is 0 Å². The number of hydrogen-bond donors (Lipinski definition) is 1. The molecule has 0 unspecified atom stereocenters. The number of aromatic nitrogens is 1. The van der Waals surface area contributed by atoms with Gasteiger partial charge in [0.2, 0.25) is 0 Å². The van der Waals surface area contributed by atoms with Crippen LogP contribution in [0.25, 0.3) is 0 Å². The van der Waals surface area contributed by atoms with Crippen molar-refractivity contribution in [3.05, 3.63) is 46.1 Å². The summed E-state index contributed by atoms with van der Waals surface area (Å²) in [7, 11) is 1.59. The Morgan fingerprint density at radius 3 is 2.95 bits per heavy atom. The summed E-state index contributed by atoms with van der Waals surface area (Å²) in [5, 5.41) is 13.1. The minimum atomic E-state index is 0.540. The van der Waals surface area contributed by atoms with E-state index < -0.39 is 0 Å². The van der Waals surface area contributed by atoms with Gasteiger partial charge in [0, 0.05) is 10.7 Å². The van der Waals surface area contributed by atoms with Crippen LogP contribution in [0.15, 0.2) is 24.3 Å². The Morgan fingerprint density at radius 1 is 1.33 bits per heavy atom. The van der Waals surface area contributed by atoms with Crippen molar-refractivity contribution in [1.82, 2.24) is 4.98 Å². The van der Waals surface area contributed by atoms with Gasteiger partial charge in [-0.05, 0) is 49.1 Å². The maximum atomic E-state index is 9.32. The van der Waals surface area contributed by atoms with Gasteiger partial charge in [-0.25, -0.2) is 4.98 Å². The topological polar surface area (TPSA) is 57.9 Å². The first-order valence-corrected chi connectivity index (χ1v) is 7.12. The molecule has 1 aromatic carbocycles. The lowest BCUT2D eigenvalue weighted by molar-refractivity contribution is 0.417. The molecule has 0 aliphatic heterocycles. The van der Waals surface area contributed by atoms with E-state index in [2.05, 4.69) is 16.4 Å². The quantitative estimate of drug-likeness (QED) is 0.935. The number of ether oxygens (including phenoxy) is 1. The first-order valence-electron chi connectivity index (χ1n) is 6.74. The molecule has 0 radical (unpaired) electrons. The van der Waals surface area contributed by atoms with Gasteiger partial charge in [0.05, 0.1) is 18.4 Å². The lowest BCUT2D eigenvalue weighted by Crippen LogP contribution is -2.02. The molecule has 0 atom stereocenters. The van der Waals surface area contributed by atoms with Crippen molar-refractivity contribution in [2.45, 2.75) is 19.3 Å². The average Bonchev–Trinajstić information content (AvgIpc) is 2.94. The Labute approximate surface area is 128 Å². The fourth-order valence-corrected chi connectivity index (χ4v) is 2.73. The van der Waals surface area contributed by atoms with Gasteiger partial charge in [0.15, 0.2) is 0 Å². The summed E-state index contributed by atoms with van der Waals surface area (Å²) in [5.74, 6) is 1.21. The summed E-state index contributed by atoms with van der Waals surface area (Å²) in [6.07, 6.45) is 3.05. The van der Waals surface area contributed by atoms with Gasteiger partial charge < -0.3 is 10.1 Å². The molecule has 2 aromatic rings. The normalized spacial score (nSPS) is 12.6. The lowest BCUT2D eigenvalue weighted by Gasteiger charge is -2.13. The van der Waals surface area contributed by atoms with E-state index in [1.165, 1.54) is 5.56 Å². The molecule has 1 aliphatic rings. The molecule has 5 heteroatoms. The van der Waals surface area contributed by atoms with Gasteiger partial charge in [0.25, 0.3) is 0 Å². The van der Waals surface area contributed by atoms with Gasteiger partial charge in [-0.3, -0.25) is 0 Å². The van der Waals surface area contributed by atoms with E-state index in [9.17, 15) is 5.26 Å². The van der Waals surface area contributed by atoms with E-state index in [4.69, 9.17) is 16.3 Å². The molecule has 0 fully saturated rings. The van der Waals surface area contributed by atoms with Crippen molar-refractivity contribution < 1.29 is 4.74 Å². The molecule has 1 aliphatic carbocycles. The lowest BCUT2D eigenvalue weighted by atomic mass is 10.1. The van der Waals surface area contributed by atoms with Crippen molar-refractivity contribution in [3.63, 3.8) is 0 Å². The average molecular weight is 300 g/mol. The highest BCUT2D eigenvalue weighted by Gasteiger charge is 2.17. The number of rotatable bonds is 3. The Kier molecular flexibility index (Phi) is 3.68. The van der Waals surface area contributed by atoms with Crippen LogP contribution < -0.4 is 10.1 Å². The van der Waals surface area contributed by atoms with Crippen LogP contribution in [0.5, 0.6) is 5.75 Å². The molecule has 21 heavy (non-hydrogen) atoms. The highest BCUT2D eigenvalue weighted by Crippen LogP contribution is 2.32. The van der Waals surface area contributed by atoms with E-state index in [1.807, 2.05) is 6.07 Å². The number of nitrogens with one attached hydrogen (secondary N) is 1. The van der Waals surface area contributed by atoms with Crippen LogP contribution in [0.3, 0.4) is 0 Å². The number of halogens is 1. The fourth-order valence-electron chi connectivity index (χ4n) is 2.56. The van der Waals surface area contributed by atoms with Gasteiger partial charge in [-0.15, -0.1) is 0 Å². The molecule has 0 bridgehead atoms. The first-order chi connectivity index (χ1) is 10.2. The number of nitrogens with zero attached hydrogens (tertiary/aromatic N) is 2. The zero-order chi connectivity index (χ0) is 14.8. The third kappa shape index (κ3) is 2.65. The number of nitriles is 1. The number of fused-ring (bicyclic) bond motifs is 1. The molecule has 1 heterocycles. The smallest absolute Gasteiger partial charge is 0.148 e. The molecule has 0 saturated heterocycles. The predicted molar refractivity (Wildman–Crippen MR) is 82.3 cm³/mol. The van der Waals surface area contributed by atoms with Crippen LogP contribution in [0.1, 0.15) is 23.2 Å². The van der Waals surface area contributed by atoms with E-state index in [-0.39, 0.29) is 0 Å². The Morgan fingerprint density at radius 2 is 2.19 bits per heavy atom. The Hall–Kier alpha value is -2.25. The largest absolute Gasteiger partial charge is 0.495 e.